The van der Waals surface area contributed by atoms with Crippen molar-refractivity contribution in [3.63, 3.8) is 0 Å². The van der Waals surface area contributed by atoms with Crippen LogP contribution in [0.5, 0.6) is 5.75 Å². The number of hydrogen-bond donors (Lipinski definition) is 1. The molecule has 2 aliphatic rings. The maximum absolute atomic E-state index is 12.4. The molecule has 2 heterocycles. The molecule has 1 N–H and O–H groups in total. The standard InChI is InChI=1S/C23H22N4O5S/c1-14(28)24-23-25-27(15(2)29)22(33-23)16-8-10-17(11-9-16)32-13-5-12-26-20(30)18-6-3-4-7-19(18)21(26)31/h3-4,6-11,22H,5,12-13H2,1-2H3,(H,24,25,28). The molecule has 1 atom stereocenters. The van der Waals surface area contributed by atoms with Crippen molar-refractivity contribution in [3.05, 3.63) is 65.2 Å². The number of benzene rings is 2. The predicted octanol–water partition coefficient (Wildman–Crippen LogP) is 2.75. The molecule has 0 fully saturated rings. The van der Waals surface area contributed by atoms with Crippen molar-refractivity contribution in [1.82, 2.24) is 15.2 Å². The van der Waals surface area contributed by atoms with Crippen molar-refractivity contribution in [2.75, 3.05) is 13.2 Å². The minimum absolute atomic E-state index is 0.235. The number of hydrazone groups is 1. The van der Waals surface area contributed by atoms with Gasteiger partial charge in [0.25, 0.3) is 11.8 Å². The Balaban J connectivity index is 1.30. The fourth-order valence-corrected chi connectivity index (χ4v) is 4.70. The van der Waals surface area contributed by atoms with Crippen LogP contribution in [0, 0.1) is 0 Å². The van der Waals surface area contributed by atoms with E-state index >= 15 is 0 Å². The molecule has 2 aliphatic heterocycles. The van der Waals surface area contributed by atoms with Crippen LogP contribution in [-0.2, 0) is 9.59 Å². The average Bonchev–Trinajstić information content (AvgIpc) is 3.31. The number of nitrogens with one attached hydrogen (secondary N) is 1. The van der Waals surface area contributed by atoms with Crippen LogP contribution in [0.2, 0.25) is 0 Å². The first-order valence-electron chi connectivity index (χ1n) is 10.4. The smallest absolute Gasteiger partial charge is 0.261 e. The summed E-state index contributed by atoms with van der Waals surface area (Å²) in [7, 11) is 0. The maximum atomic E-state index is 12.4. The Morgan fingerprint density at radius 3 is 2.24 bits per heavy atom. The van der Waals surface area contributed by atoms with E-state index in [0.29, 0.717) is 35.1 Å². The highest BCUT2D eigenvalue weighted by atomic mass is 32.2. The molecule has 33 heavy (non-hydrogen) atoms. The number of rotatable bonds is 6. The van der Waals surface area contributed by atoms with E-state index in [9.17, 15) is 19.2 Å². The van der Waals surface area contributed by atoms with Gasteiger partial charge in [0.2, 0.25) is 11.8 Å². The lowest BCUT2D eigenvalue weighted by Crippen LogP contribution is -2.31. The zero-order valence-electron chi connectivity index (χ0n) is 18.1. The second-order valence-corrected chi connectivity index (χ2v) is 8.57. The summed E-state index contributed by atoms with van der Waals surface area (Å²) in [6.07, 6.45) is 0.498. The van der Waals surface area contributed by atoms with Crippen molar-refractivity contribution in [3.8, 4) is 5.75 Å². The molecule has 4 amide bonds. The first-order chi connectivity index (χ1) is 15.8. The number of carbonyl (C=O) groups is 4. The molecule has 4 rings (SSSR count). The van der Waals surface area contributed by atoms with E-state index in [1.54, 1.807) is 36.4 Å². The van der Waals surface area contributed by atoms with Crippen LogP contribution in [0.1, 0.15) is 51.9 Å². The molecule has 170 valence electrons. The van der Waals surface area contributed by atoms with Crippen LogP contribution in [0.4, 0.5) is 0 Å². The maximum Gasteiger partial charge on any atom is 0.261 e. The lowest BCUT2D eigenvalue weighted by atomic mass is 10.1. The molecule has 1 unspecified atom stereocenters. The zero-order valence-corrected chi connectivity index (χ0v) is 18.9. The molecule has 2 aromatic rings. The summed E-state index contributed by atoms with van der Waals surface area (Å²) in [5.41, 5.74) is 1.71. The summed E-state index contributed by atoms with van der Waals surface area (Å²) in [5, 5.41) is 8.10. The molecular weight excluding hydrogens is 444 g/mol. The summed E-state index contributed by atoms with van der Waals surface area (Å²) in [6, 6.07) is 14.0. The Kier molecular flexibility index (Phi) is 6.45. The van der Waals surface area contributed by atoms with Crippen molar-refractivity contribution in [1.29, 1.82) is 0 Å². The number of fused-ring (bicyclic) bond motifs is 1. The van der Waals surface area contributed by atoms with E-state index in [1.165, 1.54) is 35.5 Å². The van der Waals surface area contributed by atoms with Crippen molar-refractivity contribution >= 4 is 40.6 Å². The van der Waals surface area contributed by atoms with Crippen molar-refractivity contribution < 1.29 is 23.9 Å². The highest BCUT2D eigenvalue weighted by Gasteiger charge is 2.34. The Labute approximate surface area is 194 Å². The van der Waals surface area contributed by atoms with Gasteiger partial charge in [-0.25, -0.2) is 5.01 Å². The van der Waals surface area contributed by atoms with E-state index in [-0.39, 0.29) is 35.5 Å². The lowest BCUT2D eigenvalue weighted by Gasteiger charge is -2.19. The molecule has 0 aromatic heterocycles. The van der Waals surface area contributed by atoms with Crippen LogP contribution in [0.3, 0.4) is 0 Å². The van der Waals surface area contributed by atoms with E-state index in [0.717, 1.165) is 5.56 Å². The first-order valence-corrected chi connectivity index (χ1v) is 11.2. The minimum atomic E-state index is -0.382. The second-order valence-electron chi connectivity index (χ2n) is 7.50. The quantitative estimate of drug-likeness (QED) is 0.518. The molecule has 9 nitrogen and oxygen atoms in total. The molecule has 2 aromatic carbocycles. The Morgan fingerprint density at radius 1 is 1.03 bits per heavy atom. The molecular formula is C23H22N4O5S. The highest BCUT2D eigenvalue weighted by molar-refractivity contribution is 8.14. The van der Waals surface area contributed by atoms with Gasteiger partial charge in [-0.2, -0.15) is 0 Å². The summed E-state index contributed by atoms with van der Waals surface area (Å²) in [5.74, 6) is -0.409. The Morgan fingerprint density at radius 2 is 1.67 bits per heavy atom. The molecule has 0 bridgehead atoms. The number of nitrogens with zero attached hydrogens (tertiary/aromatic N) is 3. The third-order valence-corrected chi connectivity index (χ3v) is 6.19. The summed E-state index contributed by atoms with van der Waals surface area (Å²) in [4.78, 5) is 49.3. The van der Waals surface area contributed by atoms with Gasteiger partial charge in [-0.1, -0.05) is 36.0 Å². The Hall–Kier alpha value is -3.66. The topological polar surface area (TPSA) is 108 Å². The van der Waals surface area contributed by atoms with Gasteiger partial charge in [0.15, 0.2) is 5.17 Å². The van der Waals surface area contributed by atoms with Crippen molar-refractivity contribution in [2.24, 2.45) is 5.10 Å². The molecule has 0 saturated carbocycles. The van der Waals surface area contributed by atoms with Gasteiger partial charge >= 0.3 is 0 Å². The van der Waals surface area contributed by atoms with E-state index < -0.39 is 0 Å². The summed E-state index contributed by atoms with van der Waals surface area (Å²) < 4.78 is 5.76. The summed E-state index contributed by atoms with van der Waals surface area (Å²) >= 11 is 1.28. The van der Waals surface area contributed by atoms with Crippen LogP contribution >= 0.6 is 11.8 Å². The zero-order chi connectivity index (χ0) is 23.5. The average molecular weight is 467 g/mol. The van der Waals surface area contributed by atoms with Crippen LogP contribution in [0.25, 0.3) is 0 Å². The number of hydrogen-bond acceptors (Lipinski definition) is 7. The molecule has 0 radical (unpaired) electrons. The number of thioether (sulfide) groups is 1. The van der Waals surface area contributed by atoms with Crippen LogP contribution in [0.15, 0.2) is 53.6 Å². The highest BCUT2D eigenvalue weighted by Crippen LogP contribution is 2.39. The van der Waals surface area contributed by atoms with E-state index in [2.05, 4.69) is 10.4 Å². The van der Waals surface area contributed by atoms with Gasteiger partial charge in [0.1, 0.15) is 11.1 Å². The molecule has 0 saturated heterocycles. The van der Waals surface area contributed by atoms with E-state index in [1.807, 2.05) is 12.1 Å². The molecule has 0 spiro atoms. The summed E-state index contributed by atoms with van der Waals surface area (Å²) in [6.45, 7) is 3.41. The largest absolute Gasteiger partial charge is 0.494 e. The lowest BCUT2D eigenvalue weighted by molar-refractivity contribution is -0.129. The van der Waals surface area contributed by atoms with Gasteiger partial charge in [0.05, 0.1) is 17.7 Å². The monoisotopic (exact) mass is 466 g/mol. The van der Waals surface area contributed by atoms with Crippen LogP contribution in [-0.4, -0.2) is 51.9 Å². The fraction of sp³-hybridized carbons (Fsp3) is 0.261. The normalized spacial score (nSPS) is 17.2. The number of carbonyl (C=O) groups excluding carboxylic acids is 4. The molecule has 10 heteroatoms. The number of imide groups is 1. The number of amidine groups is 1. The van der Waals surface area contributed by atoms with Crippen LogP contribution < -0.4 is 10.1 Å². The fourth-order valence-electron chi connectivity index (χ4n) is 3.56. The van der Waals surface area contributed by atoms with E-state index in [4.69, 9.17) is 4.74 Å². The van der Waals surface area contributed by atoms with Gasteiger partial charge < -0.3 is 10.1 Å². The van der Waals surface area contributed by atoms with Gasteiger partial charge in [-0.3, -0.25) is 24.1 Å². The minimum Gasteiger partial charge on any atom is -0.494 e. The van der Waals surface area contributed by atoms with Crippen molar-refractivity contribution in [2.45, 2.75) is 25.6 Å². The number of ether oxygens (including phenoxy) is 1. The number of amides is 4. The second kappa shape index (κ2) is 9.45. The van der Waals surface area contributed by atoms with Gasteiger partial charge in [-0.15, -0.1) is 5.10 Å². The third kappa shape index (κ3) is 4.75. The predicted molar refractivity (Wildman–Crippen MR) is 122 cm³/mol. The Bertz CT molecular complexity index is 1110. The third-order valence-electron chi connectivity index (χ3n) is 5.09. The SMILES string of the molecule is CC(=O)NC1=NN(C(C)=O)C(c2ccc(OCCCN3C(=O)c4ccccc4C3=O)cc2)S1. The first kappa shape index (κ1) is 22.5. The van der Waals surface area contributed by atoms with Gasteiger partial charge in [-0.05, 0) is 36.2 Å². The molecule has 0 aliphatic carbocycles. The van der Waals surface area contributed by atoms with Gasteiger partial charge in [0, 0.05) is 20.4 Å².